The number of nitrogens with one attached hydrogen (secondary N) is 1. The lowest BCUT2D eigenvalue weighted by Crippen LogP contribution is -2.37. The van der Waals surface area contributed by atoms with E-state index in [9.17, 15) is 14.0 Å². The van der Waals surface area contributed by atoms with Gasteiger partial charge in [-0.15, -0.1) is 0 Å². The van der Waals surface area contributed by atoms with E-state index >= 15 is 0 Å². The Morgan fingerprint density at radius 2 is 1.96 bits per heavy atom. The average Bonchev–Trinajstić information content (AvgIpc) is 3.27. The Morgan fingerprint density at radius 3 is 2.74 bits per heavy atom. The molecule has 0 unspecified atom stereocenters. The molecule has 2 fully saturated rings. The van der Waals surface area contributed by atoms with Gasteiger partial charge in [-0.3, -0.25) is 9.59 Å². The molecule has 2 aliphatic carbocycles. The van der Waals surface area contributed by atoms with Crippen molar-refractivity contribution in [2.75, 3.05) is 4.90 Å². The number of halogens is 1. The summed E-state index contributed by atoms with van der Waals surface area (Å²) in [4.78, 5) is 26.2. The lowest BCUT2D eigenvalue weighted by atomic mass is 9.90. The van der Waals surface area contributed by atoms with Crippen LogP contribution in [0.25, 0.3) is 0 Å². The zero-order valence-electron chi connectivity index (χ0n) is 15.1. The van der Waals surface area contributed by atoms with E-state index in [1.54, 1.807) is 17.0 Å². The number of benzene rings is 1. The topological polar surface area (TPSA) is 66.1 Å². The molecule has 1 aliphatic heterocycles. The molecule has 2 heterocycles. The summed E-state index contributed by atoms with van der Waals surface area (Å²) in [5, 5.41) is 6.89. The fraction of sp³-hybridized carbons (Fsp3) is 0.476. The zero-order valence-corrected chi connectivity index (χ0v) is 15.1. The van der Waals surface area contributed by atoms with Gasteiger partial charge in [0.25, 0.3) is 5.56 Å². The van der Waals surface area contributed by atoms with Crippen molar-refractivity contribution in [2.24, 2.45) is 5.92 Å². The first-order valence-corrected chi connectivity index (χ1v) is 9.82. The average molecular weight is 367 g/mol. The summed E-state index contributed by atoms with van der Waals surface area (Å²) >= 11 is 0. The fourth-order valence-electron chi connectivity index (χ4n) is 5.03. The Bertz CT molecular complexity index is 984. The van der Waals surface area contributed by atoms with E-state index in [0.717, 1.165) is 67.3 Å². The minimum atomic E-state index is -0.351. The van der Waals surface area contributed by atoms with Gasteiger partial charge in [0.15, 0.2) is 0 Å². The number of piperidine rings is 1. The molecule has 6 heteroatoms. The maximum absolute atomic E-state index is 14.5. The summed E-state index contributed by atoms with van der Waals surface area (Å²) in [6, 6.07) is 5.11. The van der Waals surface area contributed by atoms with Crippen LogP contribution in [0.4, 0.5) is 10.1 Å². The number of hydrogen-bond donors (Lipinski definition) is 1. The minimum Gasteiger partial charge on any atom is -0.306 e. The van der Waals surface area contributed by atoms with Crippen LogP contribution in [0.15, 0.2) is 23.0 Å². The van der Waals surface area contributed by atoms with Crippen molar-refractivity contribution in [3.63, 3.8) is 0 Å². The Labute approximate surface area is 156 Å². The number of carbonyl (C=O) groups is 1. The van der Waals surface area contributed by atoms with E-state index in [4.69, 9.17) is 0 Å². The van der Waals surface area contributed by atoms with E-state index < -0.39 is 0 Å². The summed E-state index contributed by atoms with van der Waals surface area (Å²) in [5.74, 6) is -0.233. The SMILES string of the molecule is O=C1[C@@H]2CC[C@H](C2)N1c1cc(Cc2n[nH]c(=O)c3c2CCCC3)ccc1F. The predicted molar refractivity (Wildman–Crippen MR) is 99.3 cm³/mol. The van der Waals surface area contributed by atoms with Gasteiger partial charge in [0.2, 0.25) is 5.91 Å². The molecule has 0 radical (unpaired) electrons. The number of fused-ring (bicyclic) bond motifs is 3. The summed E-state index contributed by atoms with van der Waals surface area (Å²) in [7, 11) is 0. The molecule has 2 atom stereocenters. The Hall–Kier alpha value is -2.50. The lowest BCUT2D eigenvalue weighted by Gasteiger charge is -2.28. The monoisotopic (exact) mass is 367 g/mol. The zero-order chi connectivity index (χ0) is 18.5. The number of amides is 1. The molecule has 1 amide bonds. The molecular weight excluding hydrogens is 345 g/mol. The highest BCUT2D eigenvalue weighted by atomic mass is 19.1. The normalized spacial score (nSPS) is 23.7. The molecule has 0 spiro atoms. The second-order valence-electron chi connectivity index (χ2n) is 8.00. The Morgan fingerprint density at radius 1 is 1.15 bits per heavy atom. The molecule has 2 bridgehead atoms. The van der Waals surface area contributed by atoms with Crippen LogP contribution in [0.3, 0.4) is 0 Å². The number of nitrogens with zero attached hydrogens (tertiary/aromatic N) is 2. The van der Waals surface area contributed by atoms with Crippen molar-refractivity contribution in [3.8, 4) is 0 Å². The van der Waals surface area contributed by atoms with Gasteiger partial charge < -0.3 is 4.90 Å². The third-order valence-electron chi connectivity index (χ3n) is 6.38. The van der Waals surface area contributed by atoms with Gasteiger partial charge in [-0.1, -0.05) is 6.07 Å². The molecule has 1 saturated carbocycles. The van der Waals surface area contributed by atoms with Gasteiger partial charge in [-0.05, 0) is 68.2 Å². The van der Waals surface area contributed by atoms with Gasteiger partial charge in [-0.2, -0.15) is 5.10 Å². The highest BCUT2D eigenvalue weighted by Gasteiger charge is 2.46. The molecule has 1 N–H and O–H groups in total. The smallest absolute Gasteiger partial charge is 0.267 e. The van der Waals surface area contributed by atoms with Gasteiger partial charge in [0.1, 0.15) is 5.82 Å². The highest BCUT2D eigenvalue weighted by Crippen LogP contribution is 2.42. The van der Waals surface area contributed by atoms with Gasteiger partial charge in [0.05, 0.1) is 11.4 Å². The van der Waals surface area contributed by atoms with E-state index in [1.165, 1.54) is 6.07 Å². The van der Waals surface area contributed by atoms with Crippen LogP contribution in [0.1, 0.15) is 54.5 Å². The first-order valence-electron chi connectivity index (χ1n) is 9.82. The molecule has 5 rings (SSSR count). The Balaban J connectivity index is 1.49. The standard InChI is InChI=1S/C21H22FN3O2/c22-17-8-5-12(10-19(17)25-14-7-6-13(11-14)21(25)27)9-18-15-3-1-2-4-16(15)20(26)24-23-18/h5,8,10,13-14H,1-4,6-7,9,11H2,(H,24,26)/t13-,14-/m1/s1. The van der Waals surface area contributed by atoms with Gasteiger partial charge in [-0.25, -0.2) is 9.49 Å². The molecule has 2 aromatic rings. The van der Waals surface area contributed by atoms with Crippen LogP contribution >= 0.6 is 0 Å². The van der Waals surface area contributed by atoms with Gasteiger partial charge >= 0.3 is 0 Å². The van der Waals surface area contributed by atoms with Crippen LogP contribution in [0.5, 0.6) is 0 Å². The number of H-pyrrole nitrogens is 1. The summed E-state index contributed by atoms with van der Waals surface area (Å²) < 4.78 is 14.5. The molecule has 1 aromatic heterocycles. The quantitative estimate of drug-likeness (QED) is 0.907. The molecule has 5 nitrogen and oxygen atoms in total. The third-order valence-corrected chi connectivity index (χ3v) is 6.38. The number of aromatic nitrogens is 2. The first kappa shape index (κ1) is 16.7. The van der Waals surface area contributed by atoms with Crippen LogP contribution in [-0.2, 0) is 24.1 Å². The van der Waals surface area contributed by atoms with Gasteiger partial charge in [0, 0.05) is 23.9 Å². The van der Waals surface area contributed by atoms with Crippen molar-refractivity contribution in [3.05, 3.63) is 56.8 Å². The second kappa shape index (κ2) is 6.29. The molecule has 1 aromatic carbocycles. The van der Waals surface area contributed by atoms with Crippen LogP contribution in [0, 0.1) is 11.7 Å². The van der Waals surface area contributed by atoms with E-state index in [2.05, 4.69) is 10.2 Å². The van der Waals surface area contributed by atoms with Crippen LogP contribution in [0.2, 0.25) is 0 Å². The van der Waals surface area contributed by atoms with Crippen LogP contribution < -0.4 is 10.5 Å². The largest absolute Gasteiger partial charge is 0.306 e. The molecule has 140 valence electrons. The molecule has 27 heavy (non-hydrogen) atoms. The van der Waals surface area contributed by atoms with Crippen molar-refractivity contribution < 1.29 is 9.18 Å². The number of aromatic amines is 1. The number of anilines is 1. The summed E-state index contributed by atoms with van der Waals surface area (Å²) in [5.41, 5.74) is 3.97. The Kier molecular flexibility index (Phi) is 3.88. The number of rotatable bonds is 3. The maximum Gasteiger partial charge on any atom is 0.267 e. The van der Waals surface area contributed by atoms with Crippen molar-refractivity contribution >= 4 is 11.6 Å². The van der Waals surface area contributed by atoms with Crippen molar-refractivity contribution in [1.29, 1.82) is 0 Å². The number of carbonyl (C=O) groups excluding carboxylic acids is 1. The van der Waals surface area contributed by atoms with Crippen molar-refractivity contribution in [2.45, 2.75) is 57.4 Å². The molecular formula is C21H22FN3O2. The first-order chi connectivity index (χ1) is 13.1. The van der Waals surface area contributed by atoms with E-state index in [1.807, 2.05) is 0 Å². The second-order valence-corrected chi connectivity index (χ2v) is 8.00. The van der Waals surface area contributed by atoms with Crippen molar-refractivity contribution in [1.82, 2.24) is 10.2 Å². The molecule has 1 saturated heterocycles. The molecule has 3 aliphatic rings. The highest BCUT2D eigenvalue weighted by molar-refractivity contribution is 5.99. The predicted octanol–water partition coefficient (Wildman–Crippen LogP) is 2.89. The lowest BCUT2D eigenvalue weighted by molar-refractivity contribution is -0.121. The summed E-state index contributed by atoms with van der Waals surface area (Å²) in [6.07, 6.45) is 7.00. The van der Waals surface area contributed by atoms with E-state index in [-0.39, 0.29) is 29.2 Å². The number of hydrogen-bond acceptors (Lipinski definition) is 3. The fourth-order valence-corrected chi connectivity index (χ4v) is 5.03. The van der Waals surface area contributed by atoms with Crippen LogP contribution in [-0.4, -0.2) is 22.1 Å². The third kappa shape index (κ3) is 2.69. The van der Waals surface area contributed by atoms with E-state index in [0.29, 0.717) is 12.1 Å². The minimum absolute atomic E-state index is 0.0573. The maximum atomic E-state index is 14.5. The summed E-state index contributed by atoms with van der Waals surface area (Å²) in [6.45, 7) is 0.